The standard InChI is InChI=1S/C29H26N4O4S/c1-17-14-21(18(2)32(17)23-10-5-4-8-20(23)28(34)35-3)27-26(22-9-6-7-13-30-22)31-29(38)33(27)19-11-12-24-25(15-19)37-16-36-24/h4-15,26-27H,16H2,1-3H3,(H,31,38). The first-order chi connectivity index (χ1) is 18.5. The molecule has 0 bridgehead atoms. The number of thiocarbonyl (C=S) groups is 1. The number of carbonyl (C=O) groups is 1. The normalized spacial score (nSPS) is 18.0. The molecule has 2 aromatic heterocycles. The van der Waals surface area contributed by atoms with Crippen molar-refractivity contribution in [3.8, 4) is 17.2 Å². The third-order valence-corrected chi connectivity index (χ3v) is 7.39. The number of aromatic nitrogens is 2. The fraction of sp³-hybridized carbons (Fsp3) is 0.207. The smallest absolute Gasteiger partial charge is 0.339 e. The monoisotopic (exact) mass is 526 g/mol. The Morgan fingerprint density at radius 1 is 1.05 bits per heavy atom. The van der Waals surface area contributed by atoms with Crippen LogP contribution in [0.5, 0.6) is 11.5 Å². The predicted molar refractivity (Wildman–Crippen MR) is 147 cm³/mol. The number of rotatable bonds is 5. The number of pyridine rings is 1. The Kier molecular flexibility index (Phi) is 6.00. The van der Waals surface area contributed by atoms with E-state index in [1.807, 2.05) is 61.5 Å². The maximum atomic E-state index is 12.6. The topological polar surface area (TPSA) is 77.9 Å². The van der Waals surface area contributed by atoms with E-state index in [0.29, 0.717) is 22.2 Å². The number of esters is 1. The minimum absolute atomic E-state index is 0.197. The Morgan fingerprint density at radius 3 is 2.63 bits per heavy atom. The van der Waals surface area contributed by atoms with Crippen molar-refractivity contribution >= 4 is 29.0 Å². The van der Waals surface area contributed by atoms with Crippen molar-refractivity contribution in [1.82, 2.24) is 14.9 Å². The lowest BCUT2D eigenvalue weighted by Gasteiger charge is -2.28. The number of para-hydroxylation sites is 1. The maximum absolute atomic E-state index is 12.6. The number of carbonyl (C=O) groups excluding carboxylic acids is 1. The van der Waals surface area contributed by atoms with Crippen LogP contribution in [0.15, 0.2) is 72.9 Å². The minimum atomic E-state index is -0.383. The number of anilines is 1. The summed E-state index contributed by atoms with van der Waals surface area (Å²) in [6, 6.07) is 20.9. The summed E-state index contributed by atoms with van der Waals surface area (Å²) in [5.74, 6) is 1.01. The molecule has 192 valence electrons. The van der Waals surface area contributed by atoms with Crippen molar-refractivity contribution in [2.45, 2.75) is 25.9 Å². The largest absolute Gasteiger partial charge is 0.465 e. The number of fused-ring (bicyclic) bond motifs is 1. The molecule has 38 heavy (non-hydrogen) atoms. The molecule has 1 saturated heterocycles. The number of aryl methyl sites for hydroxylation is 1. The summed E-state index contributed by atoms with van der Waals surface area (Å²) in [5, 5.41) is 4.10. The fourth-order valence-corrected chi connectivity index (χ4v) is 5.74. The molecule has 4 aromatic rings. The lowest BCUT2D eigenvalue weighted by Crippen LogP contribution is -2.29. The Balaban J connectivity index is 1.52. The van der Waals surface area contributed by atoms with Crippen LogP contribution >= 0.6 is 12.2 Å². The van der Waals surface area contributed by atoms with E-state index in [0.717, 1.165) is 34.0 Å². The van der Waals surface area contributed by atoms with E-state index >= 15 is 0 Å². The predicted octanol–water partition coefficient (Wildman–Crippen LogP) is 5.18. The van der Waals surface area contributed by atoms with Crippen LogP contribution in [0.4, 0.5) is 5.69 Å². The third-order valence-electron chi connectivity index (χ3n) is 7.07. The highest BCUT2D eigenvalue weighted by Gasteiger charge is 2.42. The van der Waals surface area contributed by atoms with Crippen LogP contribution in [0.2, 0.25) is 0 Å². The average Bonchev–Trinajstić information content (AvgIpc) is 3.63. The van der Waals surface area contributed by atoms with Gasteiger partial charge >= 0.3 is 5.97 Å². The van der Waals surface area contributed by atoms with Gasteiger partial charge in [-0.25, -0.2) is 4.79 Å². The van der Waals surface area contributed by atoms with Crippen molar-refractivity contribution in [2.24, 2.45) is 0 Å². The van der Waals surface area contributed by atoms with E-state index in [-0.39, 0.29) is 24.8 Å². The molecule has 0 spiro atoms. The first-order valence-electron chi connectivity index (χ1n) is 12.2. The summed E-state index contributed by atoms with van der Waals surface area (Å²) < 4.78 is 18.4. The molecular weight excluding hydrogens is 500 g/mol. The van der Waals surface area contributed by atoms with E-state index in [2.05, 4.69) is 32.8 Å². The second-order valence-electron chi connectivity index (χ2n) is 9.20. The van der Waals surface area contributed by atoms with Crippen LogP contribution < -0.4 is 19.7 Å². The van der Waals surface area contributed by atoms with Gasteiger partial charge in [-0.15, -0.1) is 0 Å². The molecule has 9 heteroatoms. The Hall–Kier alpha value is -4.37. The van der Waals surface area contributed by atoms with Gasteiger partial charge in [0.2, 0.25) is 6.79 Å². The lowest BCUT2D eigenvalue weighted by atomic mass is 9.96. The molecule has 2 aromatic carbocycles. The Morgan fingerprint density at radius 2 is 1.84 bits per heavy atom. The second kappa shape index (κ2) is 9.50. The molecule has 1 fully saturated rings. The molecule has 2 aliphatic heterocycles. The molecule has 2 aliphatic rings. The average molecular weight is 527 g/mol. The molecular formula is C29H26N4O4S. The minimum Gasteiger partial charge on any atom is -0.465 e. The van der Waals surface area contributed by atoms with Gasteiger partial charge in [-0.05, 0) is 74.1 Å². The number of nitrogens with zero attached hydrogens (tertiary/aromatic N) is 3. The lowest BCUT2D eigenvalue weighted by molar-refractivity contribution is 0.0600. The van der Waals surface area contributed by atoms with Gasteiger partial charge < -0.3 is 29.0 Å². The van der Waals surface area contributed by atoms with Crippen molar-refractivity contribution in [3.63, 3.8) is 0 Å². The molecule has 0 radical (unpaired) electrons. The molecule has 6 rings (SSSR count). The summed E-state index contributed by atoms with van der Waals surface area (Å²) in [4.78, 5) is 19.4. The quantitative estimate of drug-likeness (QED) is 0.282. The van der Waals surface area contributed by atoms with E-state index < -0.39 is 0 Å². The fourth-order valence-electron chi connectivity index (χ4n) is 5.39. The van der Waals surface area contributed by atoms with E-state index in [9.17, 15) is 4.79 Å². The zero-order chi connectivity index (χ0) is 26.4. The van der Waals surface area contributed by atoms with Gasteiger partial charge in [0.1, 0.15) is 0 Å². The summed E-state index contributed by atoms with van der Waals surface area (Å²) in [7, 11) is 1.39. The van der Waals surface area contributed by atoms with E-state index in [1.54, 1.807) is 12.3 Å². The van der Waals surface area contributed by atoms with Gasteiger partial charge in [0.25, 0.3) is 0 Å². The van der Waals surface area contributed by atoms with Gasteiger partial charge in [-0.1, -0.05) is 18.2 Å². The van der Waals surface area contributed by atoms with Crippen molar-refractivity contribution in [1.29, 1.82) is 0 Å². The van der Waals surface area contributed by atoms with Gasteiger partial charge in [-0.3, -0.25) is 4.98 Å². The highest BCUT2D eigenvalue weighted by atomic mass is 32.1. The van der Waals surface area contributed by atoms with Gasteiger partial charge in [0, 0.05) is 29.3 Å². The molecule has 4 heterocycles. The van der Waals surface area contributed by atoms with Gasteiger partial charge in [0.15, 0.2) is 16.6 Å². The molecule has 0 amide bonds. The molecule has 0 saturated carbocycles. The third kappa shape index (κ3) is 3.86. The van der Waals surface area contributed by atoms with Crippen molar-refractivity contribution in [3.05, 3.63) is 101 Å². The van der Waals surface area contributed by atoms with Gasteiger partial charge in [0.05, 0.1) is 36.1 Å². The second-order valence-corrected chi connectivity index (χ2v) is 9.59. The number of hydrogen-bond donors (Lipinski definition) is 1. The zero-order valence-electron chi connectivity index (χ0n) is 21.2. The molecule has 8 nitrogen and oxygen atoms in total. The number of ether oxygens (including phenoxy) is 3. The molecule has 2 unspecified atom stereocenters. The summed E-state index contributed by atoms with van der Waals surface area (Å²) >= 11 is 5.90. The first-order valence-corrected chi connectivity index (χ1v) is 12.7. The first kappa shape index (κ1) is 24.0. The summed E-state index contributed by atoms with van der Waals surface area (Å²) in [5.41, 5.74) is 6.05. The molecule has 2 atom stereocenters. The number of nitrogens with one attached hydrogen (secondary N) is 1. The SMILES string of the molecule is COC(=O)c1ccccc1-n1c(C)cc(C2C(c3ccccn3)NC(=S)N2c2ccc3c(c2)OCO3)c1C. The van der Waals surface area contributed by atoms with Crippen molar-refractivity contribution < 1.29 is 19.0 Å². The van der Waals surface area contributed by atoms with Crippen LogP contribution in [0.3, 0.4) is 0 Å². The van der Waals surface area contributed by atoms with Gasteiger partial charge in [-0.2, -0.15) is 0 Å². The van der Waals surface area contributed by atoms with E-state index in [1.165, 1.54) is 7.11 Å². The Labute approximate surface area is 225 Å². The molecule has 1 N–H and O–H groups in total. The summed E-state index contributed by atoms with van der Waals surface area (Å²) in [6.07, 6.45) is 1.79. The highest BCUT2D eigenvalue weighted by molar-refractivity contribution is 7.80. The van der Waals surface area contributed by atoms with Crippen molar-refractivity contribution in [2.75, 3.05) is 18.8 Å². The maximum Gasteiger partial charge on any atom is 0.339 e. The Bertz CT molecular complexity index is 1550. The summed E-state index contributed by atoms with van der Waals surface area (Å²) in [6.45, 7) is 4.29. The van der Waals surface area contributed by atoms with E-state index in [4.69, 9.17) is 26.4 Å². The van der Waals surface area contributed by atoms with Crippen LogP contribution in [-0.2, 0) is 4.74 Å². The van der Waals surface area contributed by atoms with Crippen LogP contribution in [0, 0.1) is 13.8 Å². The zero-order valence-corrected chi connectivity index (χ0v) is 22.0. The highest BCUT2D eigenvalue weighted by Crippen LogP contribution is 2.46. The number of benzene rings is 2. The van der Waals surface area contributed by atoms with Crippen LogP contribution in [-0.4, -0.2) is 34.5 Å². The molecule has 0 aliphatic carbocycles. The van der Waals surface area contributed by atoms with Crippen LogP contribution in [0.1, 0.15) is 45.1 Å². The number of methoxy groups -OCH3 is 1. The van der Waals surface area contributed by atoms with Crippen LogP contribution in [0.25, 0.3) is 5.69 Å². The number of hydrogen-bond acceptors (Lipinski definition) is 6.